The van der Waals surface area contributed by atoms with Crippen molar-refractivity contribution in [2.24, 2.45) is 0 Å². The first-order valence-corrected chi connectivity index (χ1v) is 10.8. The smallest absolute Gasteiger partial charge is 0.302 e. The zero-order valence-electron chi connectivity index (χ0n) is 20.0. The lowest BCUT2D eigenvalue weighted by Crippen LogP contribution is -2.03. The maximum Gasteiger partial charge on any atom is 0.302 e. The van der Waals surface area contributed by atoms with E-state index in [0.29, 0.717) is 28.0 Å². The van der Waals surface area contributed by atoms with Gasteiger partial charge in [0.1, 0.15) is 24.7 Å². The number of hydrogen-bond acceptors (Lipinski definition) is 8. The van der Waals surface area contributed by atoms with Crippen LogP contribution in [0.15, 0.2) is 60.2 Å². The molecule has 0 aliphatic heterocycles. The van der Waals surface area contributed by atoms with Crippen LogP contribution in [0, 0.1) is 0 Å². The second kappa shape index (κ2) is 11.2. The lowest BCUT2D eigenvalue weighted by atomic mass is 9.96. The van der Waals surface area contributed by atoms with E-state index in [1.54, 1.807) is 43.3 Å². The summed E-state index contributed by atoms with van der Waals surface area (Å²) in [7, 11) is 2.92. The number of methoxy groups -OCH3 is 2. The fourth-order valence-electron chi connectivity index (χ4n) is 3.47. The average molecular weight is 481 g/mol. The van der Waals surface area contributed by atoms with Gasteiger partial charge in [-0.3, -0.25) is 4.79 Å². The van der Waals surface area contributed by atoms with Gasteiger partial charge in [-0.2, -0.15) is 0 Å². The summed E-state index contributed by atoms with van der Waals surface area (Å²) in [6, 6.07) is 12.9. The maximum atomic E-state index is 11.1. The number of aromatic hydroxyl groups is 3. The van der Waals surface area contributed by atoms with Crippen LogP contribution in [-0.4, -0.2) is 48.7 Å². The van der Waals surface area contributed by atoms with Crippen molar-refractivity contribution in [3.05, 3.63) is 60.2 Å². The number of phenols is 3. The molecule has 3 aromatic rings. The van der Waals surface area contributed by atoms with Crippen molar-refractivity contribution in [3.8, 4) is 56.8 Å². The number of carbonyl (C=O) groups is 1. The third-order valence-corrected chi connectivity index (χ3v) is 5.24. The predicted octanol–water partition coefficient (Wildman–Crippen LogP) is 5.04. The zero-order valence-corrected chi connectivity index (χ0v) is 20.0. The largest absolute Gasteiger partial charge is 0.508 e. The monoisotopic (exact) mass is 480 g/mol. The summed E-state index contributed by atoms with van der Waals surface area (Å²) in [6.07, 6.45) is 1.75. The van der Waals surface area contributed by atoms with E-state index in [1.165, 1.54) is 39.3 Å². The number of hydrogen-bond donors (Lipinski definition) is 3. The SMILES string of the molecule is COc1cc(-c2ccc(O)cc2)c(OC)c(O)c1-c1ccc(OCC=C(C)COC(C)=O)c(O)c1. The Morgan fingerprint density at radius 1 is 0.886 bits per heavy atom. The molecule has 0 saturated heterocycles. The first kappa shape index (κ1) is 25.3. The van der Waals surface area contributed by atoms with E-state index in [4.69, 9.17) is 18.9 Å². The first-order valence-electron chi connectivity index (χ1n) is 10.8. The van der Waals surface area contributed by atoms with E-state index in [9.17, 15) is 20.1 Å². The van der Waals surface area contributed by atoms with Gasteiger partial charge >= 0.3 is 5.97 Å². The van der Waals surface area contributed by atoms with E-state index in [1.807, 2.05) is 0 Å². The summed E-state index contributed by atoms with van der Waals surface area (Å²) in [6.45, 7) is 3.49. The Morgan fingerprint density at radius 2 is 1.57 bits per heavy atom. The molecule has 0 spiro atoms. The van der Waals surface area contributed by atoms with Crippen molar-refractivity contribution in [2.45, 2.75) is 13.8 Å². The van der Waals surface area contributed by atoms with Gasteiger partial charge in [-0.25, -0.2) is 0 Å². The second-order valence-electron chi connectivity index (χ2n) is 7.75. The van der Waals surface area contributed by atoms with Crippen molar-refractivity contribution in [3.63, 3.8) is 0 Å². The molecule has 0 heterocycles. The van der Waals surface area contributed by atoms with Crippen molar-refractivity contribution in [1.29, 1.82) is 0 Å². The van der Waals surface area contributed by atoms with Gasteiger partial charge in [-0.1, -0.05) is 18.2 Å². The highest BCUT2D eigenvalue weighted by molar-refractivity contribution is 5.88. The molecule has 0 bridgehead atoms. The molecule has 35 heavy (non-hydrogen) atoms. The molecule has 3 aromatic carbocycles. The van der Waals surface area contributed by atoms with E-state index in [2.05, 4.69) is 0 Å². The fraction of sp³-hybridized carbons (Fsp3) is 0.222. The lowest BCUT2D eigenvalue weighted by Gasteiger charge is -2.18. The highest BCUT2D eigenvalue weighted by Crippen LogP contribution is 2.50. The Kier molecular flexibility index (Phi) is 8.09. The number of benzene rings is 3. The van der Waals surface area contributed by atoms with Crippen molar-refractivity contribution >= 4 is 5.97 Å². The molecular weight excluding hydrogens is 452 g/mol. The van der Waals surface area contributed by atoms with Crippen LogP contribution in [0.1, 0.15) is 13.8 Å². The van der Waals surface area contributed by atoms with Gasteiger partial charge in [0.25, 0.3) is 0 Å². The number of esters is 1. The predicted molar refractivity (Wildman–Crippen MR) is 131 cm³/mol. The Bertz CT molecular complexity index is 1230. The number of rotatable bonds is 9. The molecule has 184 valence electrons. The Hall–Kier alpha value is -4.33. The minimum Gasteiger partial charge on any atom is -0.508 e. The first-order chi connectivity index (χ1) is 16.7. The number of phenolic OH excluding ortho intramolecular Hbond substituents is 3. The summed E-state index contributed by atoms with van der Waals surface area (Å²) in [5.41, 5.74) is 2.92. The summed E-state index contributed by atoms with van der Waals surface area (Å²) in [5, 5.41) is 31.2. The fourth-order valence-corrected chi connectivity index (χ4v) is 3.47. The van der Waals surface area contributed by atoms with Gasteiger partial charge in [0.2, 0.25) is 0 Å². The highest BCUT2D eigenvalue weighted by Gasteiger charge is 2.22. The van der Waals surface area contributed by atoms with E-state index in [-0.39, 0.29) is 47.9 Å². The molecule has 0 aliphatic carbocycles. The van der Waals surface area contributed by atoms with Crippen LogP contribution in [0.4, 0.5) is 0 Å². The quantitative estimate of drug-likeness (QED) is 0.288. The molecule has 0 atom stereocenters. The van der Waals surface area contributed by atoms with E-state index in [0.717, 1.165) is 5.57 Å². The van der Waals surface area contributed by atoms with Gasteiger partial charge in [-0.15, -0.1) is 0 Å². The zero-order chi connectivity index (χ0) is 25.5. The summed E-state index contributed by atoms with van der Waals surface area (Å²) < 4.78 is 21.6. The van der Waals surface area contributed by atoms with E-state index >= 15 is 0 Å². The molecular formula is C27H28O8. The standard InChI is InChI=1S/C27H28O8/c1-16(15-35-17(2)28)11-12-34-23-10-7-19(13-22(23)30)25-24(32-3)14-21(27(33-4)26(25)31)18-5-8-20(29)9-6-18/h5-11,13-14,29-31H,12,15H2,1-4H3. The Morgan fingerprint density at radius 3 is 2.17 bits per heavy atom. The lowest BCUT2D eigenvalue weighted by molar-refractivity contribution is -0.139. The molecule has 0 amide bonds. The topological polar surface area (TPSA) is 115 Å². The molecule has 0 unspecified atom stereocenters. The second-order valence-corrected chi connectivity index (χ2v) is 7.75. The summed E-state index contributed by atoms with van der Waals surface area (Å²) in [5.74, 6) is 0.301. The van der Waals surface area contributed by atoms with Gasteiger partial charge in [0.15, 0.2) is 23.0 Å². The normalized spacial score (nSPS) is 11.1. The highest BCUT2D eigenvalue weighted by atomic mass is 16.5. The van der Waals surface area contributed by atoms with Crippen LogP contribution in [-0.2, 0) is 9.53 Å². The maximum absolute atomic E-state index is 11.1. The van der Waals surface area contributed by atoms with Crippen LogP contribution in [0.2, 0.25) is 0 Å². The van der Waals surface area contributed by atoms with Gasteiger partial charge in [0.05, 0.1) is 19.8 Å². The van der Waals surface area contributed by atoms with Gasteiger partial charge < -0.3 is 34.3 Å². The number of ether oxygens (including phenoxy) is 4. The molecule has 0 aliphatic rings. The minimum atomic E-state index is -0.363. The Balaban J connectivity index is 1.92. The van der Waals surface area contributed by atoms with Crippen LogP contribution in [0.5, 0.6) is 34.5 Å². The van der Waals surface area contributed by atoms with Crippen LogP contribution in [0.25, 0.3) is 22.3 Å². The third kappa shape index (κ3) is 5.97. The van der Waals surface area contributed by atoms with Crippen LogP contribution in [0.3, 0.4) is 0 Å². The Labute approximate surface area is 203 Å². The summed E-state index contributed by atoms with van der Waals surface area (Å²) >= 11 is 0. The van der Waals surface area contributed by atoms with Crippen molar-refractivity contribution in [1.82, 2.24) is 0 Å². The van der Waals surface area contributed by atoms with Crippen molar-refractivity contribution in [2.75, 3.05) is 27.4 Å². The summed E-state index contributed by atoms with van der Waals surface area (Å²) in [4.78, 5) is 10.9. The average Bonchev–Trinajstić information content (AvgIpc) is 2.83. The van der Waals surface area contributed by atoms with Gasteiger partial charge in [0, 0.05) is 12.5 Å². The van der Waals surface area contributed by atoms with Gasteiger partial charge in [-0.05, 0) is 60.0 Å². The number of carbonyl (C=O) groups excluding carboxylic acids is 1. The molecule has 0 fully saturated rings. The molecule has 3 N–H and O–H groups in total. The van der Waals surface area contributed by atoms with Crippen LogP contribution >= 0.6 is 0 Å². The van der Waals surface area contributed by atoms with Crippen LogP contribution < -0.4 is 14.2 Å². The molecule has 8 heteroatoms. The van der Waals surface area contributed by atoms with E-state index < -0.39 is 0 Å². The molecule has 8 nitrogen and oxygen atoms in total. The van der Waals surface area contributed by atoms with Crippen molar-refractivity contribution < 1.29 is 39.1 Å². The molecule has 0 saturated carbocycles. The molecule has 0 aromatic heterocycles. The molecule has 0 radical (unpaired) electrons. The third-order valence-electron chi connectivity index (χ3n) is 5.24. The minimum absolute atomic E-state index is 0.119. The molecule has 3 rings (SSSR count).